The van der Waals surface area contributed by atoms with E-state index in [4.69, 9.17) is 15.2 Å². The number of aromatic nitrogens is 1. The number of benzene rings is 1. The van der Waals surface area contributed by atoms with Crippen LogP contribution in [0, 0.1) is 5.92 Å². The summed E-state index contributed by atoms with van der Waals surface area (Å²) in [5.41, 5.74) is 8.20. The Morgan fingerprint density at radius 2 is 1.87 bits per heavy atom. The van der Waals surface area contributed by atoms with Gasteiger partial charge in [-0.1, -0.05) is 19.1 Å². The quantitative estimate of drug-likeness (QED) is 0.513. The van der Waals surface area contributed by atoms with Crippen LogP contribution in [0.1, 0.15) is 30.9 Å². The van der Waals surface area contributed by atoms with Crippen molar-refractivity contribution in [2.24, 2.45) is 16.6 Å². The van der Waals surface area contributed by atoms with Gasteiger partial charge >= 0.3 is 0 Å². The molecule has 1 aliphatic rings. The minimum Gasteiger partial charge on any atom is -0.493 e. The number of nitrogens with zero attached hydrogens (tertiary/aromatic N) is 3. The van der Waals surface area contributed by atoms with Gasteiger partial charge in [0.2, 0.25) is 0 Å². The van der Waals surface area contributed by atoms with E-state index in [2.05, 4.69) is 39.2 Å². The van der Waals surface area contributed by atoms with Gasteiger partial charge in [-0.05, 0) is 54.5 Å². The maximum Gasteiger partial charge on any atom is 0.188 e. The van der Waals surface area contributed by atoms with Crippen LogP contribution in [0.3, 0.4) is 0 Å². The maximum atomic E-state index is 6.01. The minimum absolute atomic E-state index is 0.435. The SMILES string of the molecule is COc1ccc(CCNC(N)=NCc2ccc(N3CCC(C)CC3)nc2)cc1OC. The zero-order valence-electron chi connectivity index (χ0n) is 18.2. The van der Waals surface area contributed by atoms with Crippen molar-refractivity contribution in [3.63, 3.8) is 0 Å². The van der Waals surface area contributed by atoms with Crippen LogP contribution in [0.25, 0.3) is 0 Å². The molecule has 3 rings (SSSR count). The van der Waals surface area contributed by atoms with E-state index in [9.17, 15) is 0 Å². The molecule has 0 unspecified atom stereocenters. The molecule has 1 saturated heterocycles. The first-order valence-electron chi connectivity index (χ1n) is 10.5. The van der Waals surface area contributed by atoms with Crippen molar-refractivity contribution < 1.29 is 9.47 Å². The van der Waals surface area contributed by atoms with Gasteiger partial charge in [0.25, 0.3) is 0 Å². The van der Waals surface area contributed by atoms with E-state index in [0.29, 0.717) is 19.0 Å². The summed E-state index contributed by atoms with van der Waals surface area (Å²) in [5, 5.41) is 3.16. The topological polar surface area (TPSA) is 85.0 Å². The first kappa shape index (κ1) is 21.7. The lowest BCUT2D eigenvalue weighted by Gasteiger charge is -2.31. The Morgan fingerprint density at radius 1 is 1.13 bits per heavy atom. The second kappa shape index (κ2) is 10.7. The van der Waals surface area contributed by atoms with Crippen molar-refractivity contribution in [1.29, 1.82) is 0 Å². The highest BCUT2D eigenvalue weighted by molar-refractivity contribution is 5.77. The number of methoxy groups -OCH3 is 2. The Morgan fingerprint density at radius 3 is 2.53 bits per heavy atom. The van der Waals surface area contributed by atoms with Crippen LogP contribution in [-0.4, -0.2) is 44.8 Å². The van der Waals surface area contributed by atoms with Gasteiger partial charge in [-0.15, -0.1) is 0 Å². The highest BCUT2D eigenvalue weighted by Crippen LogP contribution is 2.27. The lowest BCUT2D eigenvalue weighted by molar-refractivity contribution is 0.354. The number of nitrogens with two attached hydrogens (primary N) is 1. The van der Waals surface area contributed by atoms with E-state index >= 15 is 0 Å². The lowest BCUT2D eigenvalue weighted by atomic mass is 9.99. The molecule has 7 nitrogen and oxygen atoms in total. The zero-order chi connectivity index (χ0) is 21.3. The molecule has 0 saturated carbocycles. The third-order valence-corrected chi connectivity index (χ3v) is 5.52. The Balaban J connectivity index is 1.45. The fourth-order valence-electron chi connectivity index (χ4n) is 3.54. The van der Waals surface area contributed by atoms with Gasteiger partial charge in [0.1, 0.15) is 5.82 Å². The molecule has 1 aromatic heterocycles. The fourth-order valence-corrected chi connectivity index (χ4v) is 3.54. The summed E-state index contributed by atoms with van der Waals surface area (Å²) in [4.78, 5) is 11.4. The van der Waals surface area contributed by atoms with Crippen LogP contribution in [0.2, 0.25) is 0 Å². The van der Waals surface area contributed by atoms with Crippen molar-refractivity contribution in [3.05, 3.63) is 47.7 Å². The van der Waals surface area contributed by atoms with Crippen LogP contribution >= 0.6 is 0 Å². The predicted octanol–water partition coefficient (Wildman–Crippen LogP) is 2.98. The smallest absolute Gasteiger partial charge is 0.188 e. The number of rotatable bonds is 8. The highest BCUT2D eigenvalue weighted by Gasteiger charge is 2.16. The standard InChI is InChI=1S/C23H33N5O2/c1-17-9-12-28(13-10-17)22-7-5-19(15-26-22)16-27-23(24)25-11-8-18-4-6-20(29-2)21(14-18)30-3/h4-7,14-15,17H,8-13,16H2,1-3H3,(H3,24,25,27). The number of hydrogen-bond acceptors (Lipinski definition) is 5. The number of ether oxygens (including phenoxy) is 2. The van der Waals surface area contributed by atoms with Gasteiger partial charge in [-0.25, -0.2) is 9.98 Å². The van der Waals surface area contributed by atoms with Crippen LogP contribution < -0.4 is 25.4 Å². The zero-order valence-corrected chi connectivity index (χ0v) is 18.2. The molecule has 7 heteroatoms. The molecule has 30 heavy (non-hydrogen) atoms. The Labute approximate surface area is 179 Å². The van der Waals surface area contributed by atoms with Crippen LogP contribution in [-0.2, 0) is 13.0 Å². The molecule has 2 heterocycles. The van der Waals surface area contributed by atoms with Crippen LogP contribution in [0.4, 0.5) is 5.82 Å². The number of pyridine rings is 1. The van der Waals surface area contributed by atoms with Crippen molar-refractivity contribution in [2.75, 3.05) is 38.8 Å². The molecule has 1 fully saturated rings. The number of piperidine rings is 1. The molecular weight excluding hydrogens is 378 g/mol. The Hall–Kier alpha value is -2.96. The second-order valence-corrected chi connectivity index (χ2v) is 7.76. The van der Waals surface area contributed by atoms with Crippen molar-refractivity contribution in [1.82, 2.24) is 10.3 Å². The molecule has 162 valence electrons. The van der Waals surface area contributed by atoms with Gasteiger partial charge < -0.3 is 25.4 Å². The van der Waals surface area contributed by atoms with Crippen LogP contribution in [0.15, 0.2) is 41.5 Å². The van der Waals surface area contributed by atoms with Crippen molar-refractivity contribution in [3.8, 4) is 11.5 Å². The molecule has 0 atom stereocenters. The van der Waals surface area contributed by atoms with Gasteiger partial charge in [0, 0.05) is 25.8 Å². The number of guanidine groups is 1. The molecule has 0 bridgehead atoms. The average Bonchev–Trinajstić information content (AvgIpc) is 2.78. The van der Waals surface area contributed by atoms with Gasteiger partial charge in [0.05, 0.1) is 20.8 Å². The number of anilines is 1. The van der Waals surface area contributed by atoms with Crippen LogP contribution in [0.5, 0.6) is 11.5 Å². The van der Waals surface area contributed by atoms with Gasteiger partial charge in [0.15, 0.2) is 17.5 Å². The summed E-state index contributed by atoms with van der Waals surface area (Å²) < 4.78 is 10.6. The molecular formula is C23H33N5O2. The lowest BCUT2D eigenvalue weighted by Crippen LogP contribution is -2.33. The molecule has 0 aliphatic carbocycles. The average molecular weight is 412 g/mol. The van der Waals surface area contributed by atoms with Gasteiger partial charge in [-0.3, -0.25) is 0 Å². The predicted molar refractivity (Wildman–Crippen MR) is 121 cm³/mol. The fraction of sp³-hybridized carbons (Fsp3) is 0.478. The first-order valence-corrected chi connectivity index (χ1v) is 10.5. The van der Waals surface area contributed by atoms with E-state index < -0.39 is 0 Å². The molecule has 0 radical (unpaired) electrons. The Kier molecular flexibility index (Phi) is 7.76. The van der Waals surface area contributed by atoms with Gasteiger partial charge in [-0.2, -0.15) is 0 Å². The monoisotopic (exact) mass is 411 g/mol. The molecule has 1 aromatic carbocycles. The summed E-state index contributed by atoms with van der Waals surface area (Å²) in [5.74, 6) is 3.76. The summed E-state index contributed by atoms with van der Waals surface area (Å²) in [7, 11) is 3.27. The number of aliphatic imine (C=N–C) groups is 1. The molecule has 0 amide bonds. The van der Waals surface area contributed by atoms with E-state index in [1.165, 1.54) is 12.8 Å². The second-order valence-electron chi connectivity index (χ2n) is 7.76. The van der Waals surface area contributed by atoms with E-state index in [1.807, 2.05) is 24.4 Å². The molecule has 1 aliphatic heterocycles. The van der Waals surface area contributed by atoms with E-state index in [1.54, 1.807) is 14.2 Å². The third kappa shape index (κ3) is 6.02. The first-order chi connectivity index (χ1) is 14.6. The van der Waals surface area contributed by atoms with Crippen molar-refractivity contribution in [2.45, 2.75) is 32.7 Å². The molecule has 2 aromatic rings. The largest absolute Gasteiger partial charge is 0.493 e. The maximum absolute atomic E-state index is 6.01. The molecule has 0 spiro atoms. The number of hydrogen-bond donors (Lipinski definition) is 2. The highest BCUT2D eigenvalue weighted by atomic mass is 16.5. The third-order valence-electron chi connectivity index (χ3n) is 5.52. The normalized spacial score (nSPS) is 15.2. The minimum atomic E-state index is 0.435. The Bertz CT molecular complexity index is 830. The number of nitrogens with one attached hydrogen (secondary N) is 1. The summed E-state index contributed by atoms with van der Waals surface area (Å²) in [6, 6.07) is 10.1. The van der Waals surface area contributed by atoms with Crippen molar-refractivity contribution >= 4 is 11.8 Å². The van der Waals surface area contributed by atoms with E-state index in [-0.39, 0.29) is 0 Å². The summed E-state index contributed by atoms with van der Waals surface area (Å²) in [6.07, 6.45) is 5.17. The summed E-state index contributed by atoms with van der Waals surface area (Å²) in [6.45, 7) is 5.69. The summed E-state index contributed by atoms with van der Waals surface area (Å²) >= 11 is 0. The van der Waals surface area contributed by atoms with E-state index in [0.717, 1.165) is 53.9 Å². The molecule has 3 N–H and O–H groups in total.